The average molecular weight is 200 g/mol. The van der Waals surface area contributed by atoms with E-state index in [1.54, 1.807) is 6.92 Å². The lowest BCUT2D eigenvalue weighted by molar-refractivity contribution is -0.118. The zero-order valence-electron chi connectivity index (χ0n) is 9.84. The Morgan fingerprint density at radius 1 is 1.36 bits per heavy atom. The molecule has 0 aliphatic carbocycles. The zero-order chi connectivity index (χ0) is 10.8. The van der Waals surface area contributed by atoms with Crippen LogP contribution in [0.2, 0.25) is 0 Å². The Morgan fingerprint density at radius 3 is 2.57 bits per heavy atom. The van der Waals surface area contributed by atoms with Crippen molar-refractivity contribution in [2.75, 3.05) is 13.2 Å². The molecule has 0 radical (unpaired) electrons. The van der Waals surface area contributed by atoms with Gasteiger partial charge >= 0.3 is 0 Å². The maximum atomic E-state index is 10.7. The summed E-state index contributed by atoms with van der Waals surface area (Å²) in [6, 6.07) is 0. The molecule has 0 fully saturated rings. The molecule has 0 aliphatic rings. The minimum Gasteiger partial charge on any atom is -0.381 e. The predicted molar refractivity (Wildman–Crippen MR) is 59.4 cm³/mol. The lowest BCUT2D eigenvalue weighted by atomic mass is 10.0. The molecular weight excluding hydrogens is 176 g/mol. The van der Waals surface area contributed by atoms with Gasteiger partial charge in [0, 0.05) is 13.0 Å². The number of carbonyl (C=O) groups is 1. The predicted octanol–water partition coefficient (Wildman–Crippen LogP) is 3.20. The molecule has 1 unspecified atom stereocenters. The summed E-state index contributed by atoms with van der Waals surface area (Å²) in [6.07, 6.45) is 5.54. The summed E-state index contributed by atoms with van der Waals surface area (Å²) < 4.78 is 5.47. The van der Waals surface area contributed by atoms with Gasteiger partial charge in [0.1, 0.15) is 5.78 Å². The van der Waals surface area contributed by atoms with Crippen molar-refractivity contribution >= 4 is 5.78 Å². The molecule has 0 saturated heterocycles. The monoisotopic (exact) mass is 200 g/mol. The standard InChI is InChI=1S/C12H24O2/c1-4-6-7-12(5-2)10-14-9-8-11(3)13/h12H,4-10H2,1-3H3. The topological polar surface area (TPSA) is 26.3 Å². The van der Waals surface area contributed by atoms with Gasteiger partial charge in [0.25, 0.3) is 0 Å². The summed E-state index contributed by atoms with van der Waals surface area (Å²) in [7, 11) is 0. The summed E-state index contributed by atoms with van der Waals surface area (Å²) >= 11 is 0. The first-order valence-corrected chi connectivity index (χ1v) is 5.77. The van der Waals surface area contributed by atoms with Crippen LogP contribution in [-0.4, -0.2) is 19.0 Å². The SMILES string of the molecule is CCCCC(CC)COCCC(C)=O. The fourth-order valence-electron chi connectivity index (χ4n) is 1.36. The van der Waals surface area contributed by atoms with Gasteiger partial charge in [-0.25, -0.2) is 0 Å². The fraction of sp³-hybridized carbons (Fsp3) is 0.917. The van der Waals surface area contributed by atoms with Crippen molar-refractivity contribution in [2.45, 2.75) is 52.9 Å². The number of hydrogen-bond acceptors (Lipinski definition) is 2. The number of ketones is 1. The van der Waals surface area contributed by atoms with Gasteiger partial charge < -0.3 is 4.74 Å². The van der Waals surface area contributed by atoms with Crippen LogP contribution in [0, 0.1) is 5.92 Å². The van der Waals surface area contributed by atoms with E-state index in [1.165, 1.54) is 25.7 Å². The smallest absolute Gasteiger partial charge is 0.132 e. The highest BCUT2D eigenvalue weighted by Gasteiger charge is 2.05. The highest BCUT2D eigenvalue weighted by Crippen LogP contribution is 2.12. The van der Waals surface area contributed by atoms with Crippen molar-refractivity contribution in [2.24, 2.45) is 5.92 Å². The largest absolute Gasteiger partial charge is 0.381 e. The van der Waals surface area contributed by atoms with E-state index in [9.17, 15) is 4.79 Å². The lowest BCUT2D eigenvalue weighted by Gasteiger charge is -2.14. The molecule has 0 aliphatic heterocycles. The number of carbonyl (C=O) groups excluding carboxylic acids is 1. The van der Waals surface area contributed by atoms with Crippen LogP contribution in [0.25, 0.3) is 0 Å². The second-order valence-electron chi connectivity index (χ2n) is 3.94. The van der Waals surface area contributed by atoms with E-state index in [2.05, 4.69) is 13.8 Å². The summed E-state index contributed by atoms with van der Waals surface area (Å²) in [4.78, 5) is 10.7. The molecular formula is C12H24O2. The Kier molecular flexibility index (Phi) is 8.95. The molecule has 1 atom stereocenters. The van der Waals surface area contributed by atoms with Gasteiger partial charge in [0.2, 0.25) is 0 Å². The summed E-state index contributed by atoms with van der Waals surface area (Å²) in [5.74, 6) is 0.897. The van der Waals surface area contributed by atoms with Gasteiger partial charge in [-0.1, -0.05) is 33.1 Å². The Bertz CT molecular complexity index is 143. The fourth-order valence-corrected chi connectivity index (χ4v) is 1.36. The summed E-state index contributed by atoms with van der Waals surface area (Å²) in [6.45, 7) is 7.44. The molecule has 0 rings (SSSR count). The first-order chi connectivity index (χ1) is 6.70. The molecule has 0 aromatic rings. The minimum atomic E-state index is 0.214. The molecule has 0 aromatic heterocycles. The van der Waals surface area contributed by atoms with E-state index >= 15 is 0 Å². The molecule has 0 aromatic carbocycles. The molecule has 2 nitrogen and oxygen atoms in total. The summed E-state index contributed by atoms with van der Waals surface area (Å²) in [5.41, 5.74) is 0. The van der Waals surface area contributed by atoms with E-state index in [-0.39, 0.29) is 5.78 Å². The molecule has 0 bridgehead atoms. The Morgan fingerprint density at radius 2 is 2.07 bits per heavy atom. The average Bonchev–Trinajstić information content (AvgIpc) is 2.16. The number of hydrogen-bond donors (Lipinski definition) is 0. The number of ether oxygens (including phenoxy) is 1. The minimum absolute atomic E-state index is 0.214. The Labute approximate surface area is 88.0 Å². The van der Waals surface area contributed by atoms with Gasteiger partial charge in [-0.2, -0.15) is 0 Å². The van der Waals surface area contributed by atoms with Crippen molar-refractivity contribution in [1.29, 1.82) is 0 Å². The van der Waals surface area contributed by atoms with Crippen LogP contribution in [0.1, 0.15) is 52.9 Å². The maximum Gasteiger partial charge on any atom is 0.132 e. The van der Waals surface area contributed by atoms with Crippen LogP contribution in [0.3, 0.4) is 0 Å². The molecule has 0 saturated carbocycles. The van der Waals surface area contributed by atoms with E-state index < -0.39 is 0 Å². The highest BCUT2D eigenvalue weighted by molar-refractivity contribution is 5.75. The molecule has 84 valence electrons. The highest BCUT2D eigenvalue weighted by atomic mass is 16.5. The Hall–Kier alpha value is -0.370. The molecule has 14 heavy (non-hydrogen) atoms. The third kappa shape index (κ3) is 8.24. The van der Waals surface area contributed by atoms with Crippen LogP contribution < -0.4 is 0 Å². The molecule has 0 heterocycles. The van der Waals surface area contributed by atoms with E-state index in [4.69, 9.17) is 4.74 Å². The molecule has 2 heteroatoms. The summed E-state index contributed by atoms with van der Waals surface area (Å²) in [5, 5.41) is 0. The van der Waals surface area contributed by atoms with Crippen LogP contribution in [0.5, 0.6) is 0 Å². The van der Waals surface area contributed by atoms with Gasteiger partial charge in [0.15, 0.2) is 0 Å². The number of rotatable bonds is 9. The normalized spacial score (nSPS) is 12.8. The van der Waals surface area contributed by atoms with Crippen molar-refractivity contribution in [3.63, 3.8) is 0 Å². The van der Waals surface area contributed by atoms with Crippen LogP contribution in [0.4, 0.5) is 0 Å². The second kappa shape index (κ2) is 9.20. The van der Waals surface area contributed by atoms with Crippen molar-refractivity contribution < 1.29 is 9.53 Å². The lowest BCUT2D eigenvalue weighted by Crippen LogP contribution is -2.10. The maximum absolute atomic E-state index is 10.7. The van der Waals surface area contributed by atoms with E-state index in [1.807, 2.05) is 0 Å². The van der Waals surface area contributed by atoms with Gasteiger partial charge in [-0.05, 0) is 19.3 Å². The van der Waals surface area contributed by atoms with Crippen molar-refractivity contribution in [3.05, 3.63) is 0 Å². The van der Waals surface area contributed by atoms with E-state index in [0.717, 1.165) is 6.61 Å². The van der Waals surface area contributed by atoms with Crippen LogP contribution >= 0.6 is 0 Å². The number of unbranched alkanes of at least 4 members (excludes halogenated alkanes) is 1. The van der Waals surface area contributed by atoms with Gasteiger partial charge in [-0.3, -0.25) is 4.79 Å². The zero-order valence-corrected chi connectivity index (χ0v) is 9.84. The van der Waals surface area contributed by atoms with E-state index in [0.29, 0.717) is 18.9 Å². The van der Waals surface area contributed by atoms with Crippen molar-refractivity contribution in [1.82, 2.24) is 0 Å². The number of Topliss-reactive ketones (excluding diaryl/α,β-unsaturated/α-hetero) is 1. The molecule has 0 amide bonds. The van der Waals surface area contributed by atoms with Gasteiger partial charge in [-0.15, -0.1) is 0 Å². The quantitative estimate of drug-likeness (QED) is 0.534. The molecule has 0 spiro atoms. The van der Waals surface area contributed by atoms with Gasteiger partial charge in [0.05, 0.1) is 6.61 Å². The first kappa shape index (κ1) is 13.6. The van der Waals surface area contributed by atoms with Crippen LogP contribution in [-0.2, 0) is 9.53 Å². The molecule has 0 N–H and O–H groups in total. The van der Waals surface area contributed by atoms with Crippen LogP contribution in [0.15, 0.2) is 0 Å². The third-order valence-corrected chi connectivity index (χ3v) is 2.50. The Balaban J connectivity index is 3.37. The van der Waals surface area contributed by atoms with Crippen molar-refractivity contribution in [3.8, 4) is 0 Å². The first-order valence-electron chi connectivity index (χ1n) is 5.77. The third-order valence-electron chi connectivity index (χ3n) is 2.50. The second-order valence-corrected chi connectivity index (χ2v) is 3.94.